The van der Waals surface area contributed by atoms with E-state index in [0.29, 0.717) is 5.56 Å². The van der Waals surface area contributed by atoms with E-state index in [1.165, 1.54) is 25.6 Å². The zero-order valence-corrected chi connectivity index (χ0v) is 11.6. The third-order valence-corrected chi connectivity index (χ3v) is 3.05. The number of nitrogen functional groups attached to an aromatic ring is 1. The van der Waals surface area contributed by atoms with Gasteiger partial charge in [-0.25, -0.2) is 8.78 Å². The van der Waals surface area contributed by atoms with E-state index in [0.717, 1.165) is 18.3 Å². The van der Waals surface area contributed by atoms with Crippen LogP contribution < -0.4 is 5.73 Å². The van der Waals surface area contributed by atoms with Crippen LogP contribution in [-0.4, -0.2) is 24.1 Å². The van der Waals surface area contributed by atoms with E-state index >= 15 is 0 Å². The molecule has 1 heterocycles. The van der Waals surface area contributed by atoms with Crippen molar-refractivity contribution in [3.63, 3.8) is 0 Å². The van der Waals surface area contributed by atoms with Crippen molar-refractivity contribution in [3.05, 3.63) is 58.6 Å². The van der Waals surface area contributed by atoms with Crippen LogP contribution in [0.2, 0.25) is 0 Å². The molecule has 0 spiro atoms. The van der Waals surface area contributed by atoms with E-state index in [9.17, 15) is 13.6 Å². The third kappa shape index (κ3) is 2.73. The van der Waals surface area contributed by atoms with Gasteiger partial charge in [-0.15, -0.1) is 0 Å². The van der Waals surface area contributed by atoms with Gasteiger partial charge in [-0.3, -0.25) is 4.79 Å². The van der Waals surface area contributed by atoms with Crippen molar-refractivity contribution >= 4 is 23.8 Å². The minimum Gasteiger partial charge on any atom is -0.495 e. The van der Waals surface area contributed by atoms with Crippen LogP contribution in [0.5, 0.6) is 0 Å². The molecular weight excluding hydrogens is 292 g/mol. The number of anilines is 1. The summed E-state index contributed by atoms with van der Waals surface area (Å²) in [6.45, 7) is 0. The van der Waals surface area contributed by atoms with Crippen LogP contribution in [0.25, 0.3) is 6.08 Å². The van der Waals surface area contributed by atoms with E-state index in [4.69, 9.17) is 15.9 Å². The number of carbonyl (C=O) groups is 1. The first kappa shape index (κ1) is 15.4. The molecule has 0 aliphatic carbocycles. The molecule has 5 nitrogen and oxygen atoms in total. The average molecular weight is 305 g/mol. The molecule has 0 aliphatic rings. The maximum Gasteiger partial charge on any atom is 0.201 e. The van der Waals surface area contributed by atoms with Gasteiger partial charge in [0.1, 0.15) is 11.6 Å². The number of hydrogen-bond acceptors (Lipinski definition) is 4. The molecule has 4 N–H and O–H groups in total. The van der Waals surface area contributed by atoms with E-state index in [1.807, 2.05) is 0 Å². The summed E-state index contributed by atoms with van der Waals surface area (Å²) in [4.78, 5) is 15.1. The summed E-state index contributed by atoms with van der Waals surface area (Å²) in [7, 11) is 1.36. The van der Waals surface area contributed by atoms with Gasteiger partial charge in [0.2, 0.25) is 5.78 Å². The molecule has 0 saturated heterocycles. The number of halogens is 2. The smallest absolute Gasteiger partial charge is 0.201 e. The van der Waals surface area contributed by atoms with Gasteiger partial charge in [-0.05, 0) is 18.2 Å². The molecule has 0 saturated carbocycles. The predicted molar refractivity (Wildman–Crippen MR) is 78.8 cm³/mol. The second-order valence-corrected chi connectivity index (χ2v) is 4.37. The van der Waals surface area contributed by atoms with Gasteiger partial charge in [0, 0.05) is 23.5 Å². The van der Waals surface area contributed by atoms with Crippen molar-refractivity contribution in [2.24, 2.45) is 0 Å². The number of aromatic nitrogens is 1. The number of nitrogens with two attached hydrogens (primary N) is 1. The van der Waals surface area contributed by atoms with Crippen molar-refractivity contribution in [3.8, 4) is 0 Å². The number of carbonyl (C=O) groups excluding carboxylic acids is 1. The minimum absolute atomic E-state index is 0.0415. The minimum atomic E-state index is -1.10. The van der Waals surface area contributed by atoms with Gasteiger partial charge in [0.25, 0.3) is 0 Å². The number of ketones is 1. The number of H-pyrrole nitrogens is 1. The molecule has 7 heteroatoms. The first-order valence-corrected chi connectivity index (χ1v) is 6.20. The fourth-order valence-corrected chi connectivity index (χ4v) is 1.92. The van der Waals surface area contributed by atoms with Crippen LogP contribution in [0.1, 0.15) is 21.5 Å². The molecule has 0 amide bonds. The Balaban J connectivity index is 2.53. The normalized spacial score (nSPS) is 11.3. The number of allylic oxidation sites excluding steroid dienone is 1. The number of rotatable bonds is 5. The summed E-state index contributed by atoms with van der Waals surface area (Å²) in [6.07, 6.45) is 5.12. The van der Waals surface area contributed by atoms with Crippen LogP contribution in [-0.2, 0) is 4.74 Å². The Bertz CT molecular complexity index is 766. The van der Waals surface area contributed by atoms with Crippen LogP contribution in [0.4, 0.5) is 14.5 Å². The van der Waals surface area contributed by atoms with E-state index in [2.05, 4.69) is 4.98 Å². The van der Waals surface area contributed by atoms with E-state index < -0.39 is 23.0 Å². The number of ether oxygens (including phenoxy) is 1. The lowest BCUT2D eigenvalue weighted by atomic mass is 10.0. The number of benzene rings is 1. The highest BCUT2D eigenvalue weighted by Gasteiger charge is 2.23. The van der Waals surface area contributed by atoms with Gasteiger partial charge >= 0.3 is 0 Å². The average Bonchev–Trinajstić information content (AvgIpc) is 2.97. The Kier molecular flexibility index (Phi) is 4.36. The molecule has 0 unspecified atom stereocenters. The molecule has 2 aromatic rings. The SMILES string of the molecule is CO/C(C=N)=C/c1c[nH]cc1C(=O)c1c(F)ccc(N)c1F. The van der Waals surface area contributed by atoms with Crippen molar-refractivity contribution in [2.45, 2.75) is 0 Å². The second kappa shape index (κ2) is 6.21. The zero-order valence-electron chi connectivity index (χ0n) is 11.6. The number of nitrogens with one attached hydrogen (secondary N) is 2. The largest absolute Gasteiger partial charge is 0.495 e. The first-order valence-electron chi connectivity index (χ1n) is 6.20. The Morgan fingerprint density at radius 2 is 2.09 bits per heavy atom. The van der Waals surface area contributed by atoms with Crippen molar-refractivity contribution < 1.29 is 18.3 Å². The molecule has 0 aliphatic heterocycles. The Morgan fingerprint density at radius 3 is 2.73 bits per heavy atom. The maximum atomic E-state index is 14.0. The molecule has 2 rings (SSSR count). The van der Waals surface area contributed by atoms with Gasteiger partial charge in [0.05, 0.1) is 24.6 Å². The van der Waals surface area contributed by atoms with Crippen LogP contribution >= 0.6 is 0 Å². The monoisotopic (exact) mass is 305 g/mol. The molecule has 22 heavy (non-hydrogen) atoms. The fourth-order valence-electron chi connectivity index (χ4n) is 1.92. The zero-order chi connectivity index (χ0) is 16.3. The number of aromatic amines is 1. The summed E-state index contributed by atoms with van der Waals surface area (Å²) in [5, 5.41) is 7.15. The topological polar surface area (TPSA) is 92.0 Å². The Labute approximate surface area is 124 Å². The highest BCUT2D eigenvalue weighted by atomic mass is 19.1. The lowest BCUT2D eigenvalue weighted by molar-refractivity contribution is 0.103. The Hall–Kier alpha value is -2.96. The van der Waals surface area contributed by atoms with Gasteiger partial charge in [0.15, 0.2) is 5.82 Å². The van der Waals surface area contributed by atoms with Crippen molar-refractivity contribution in [1.82, 2.24) is 4.98 Å². The Morgan fingerprint density at radius 1 is 1.36 bits per heavy atom. The fraction of sp³-hybridized carbons (Fsp3) is 0.0667. The molecule has 1 aromatic carbocycles. The standard InChI is InChI=1S/C15H13F2N3O2/c1-22-9(5-18)4-8-6-20-7-10(8)15(21)13-11(16)2-3-12(19)14(13)17/h2-7,18,20H,19H2,1H3/b9-4+,18-5?. The van der Waals surface area contributed by atoms with Crippen LogP contribution in [0.3, 0.4) is 0 Å². The lowest BCUT2D eigenvalue weighted by Crippen LogP contribution is -2.10. The maximum absolute atomic E-state index is 14.0. The van der Waals surface area contributed by atoms with Gasteiger partial charge < -0.3 is 20.9 Å². The summed E-state index contributed by atoms with van der Waals surface area (Å²) in [5.41, 5.74) is 4.73. The van der Waals surface area contributed by atoms with Gasteiger partial charge in [-0.2, -0.15) is 0 Å². The molecule has 1 aromatic heterocycles. The first-order chi connectivity index (χ1) is 10.5. The number of methoxy groups -OCH3 is 1. The van der Waals surface area contributed by atoms with E-state index in [-0.39, 0.29) is 17.0 Å². The summed E-state index contributed by atoms with van der Waals surface area (Å²) in [5.74, 6) is -2.76. The highest BCUT2D eigenvalue weighted by molar-refractivity contribution is 6.12. The molecule has 0 atom stereocenters. The predicted octanol–water partition coefficient (Wildman–Crippen LogP) is 2.74. The van der Waals surface area contributed by atoms with Crippen molar-refractivity contribution in [2.75, 3.05) is 12.8 Å². The quantitative estimate of drug-likeness (QED) is 0.343. The summed E-state index contributed by atoms with van der Waals surface area (Å²) < 4.78 is 32.7. The summed E-state index contributed by atoms with van der Waals surface area (Å²) >= 11 is 0. The van der Waals surface area contributed by atoms with Crippen molar-refractivity contribution in [1.29, 1.82) is 5.41 Å². The second-order valence-electron chi connectivity index (χ2n) is 4.37. The summed E-state index contributed by atoms with van der Waals surface area (Å²) in [6, 6.07) is 1.99. The van der Waals surface area contributed by atoms with E-state index in [1.54, 1.807) is 0 Å². The molecular formula is C15H13F2N3O2. The van der Waals surface area contributed by atoms with Crippen LogP contribution in [0, 0.1) is 17.0 Å². The molecule has 0 radical (unpaired) electrons. The highest BCUT2D eigenvalue weighted by Crippen LogP contribution is 2.24. The lowest BCUT2D eigenvalue weighted by Gasteiger charge is -2.06. The molecule has 0 fully saturated rings. The number of hydrogen-bond donors (Lipinski definition) is 3. The van der Waals surface area contributed by atoms with Gasteiger partial charge in [-0.1, -0.05) is 0 Å². The third-order valence-electron chi connectivity index (χ3n) is 3.05. The van der Waals surface area contributed by atoms with Crippen LogP contribution in [0.15, 0.2) is 30.3 Å². The molecule has 0 bridgehead atoms. The molecule has 114 valence electrons.